The van der Waals surface area contributed by atoms with Gasteiger partial charge < -0.3 is 5.73 Å². The summed E-state index contributed by atoms with van der Waals surface area (Å²) in [7, 11) is 0. The van der Waals surface area contributed by atoms with Gasteiger partial charge in [-0.1, -0.05) is 26.8 Å². The smallest absolute Gasteiger partial charge is 0.101 e. The van der Waals surface area contributed by atoms with E-state index >= 15 is 0 Å². The van der Waals surface area contributed by atoms with Gasteiger partial charge in [-0.3, -0.25) is 5.41 Å². The molecule has 1 aromatic rings. The molecule has 0 fully saturated rings. The zero-order valence-electron chi connectivity index (χ0n) is 8.69. The van der Waals surface area contributed by atoms with Crippen LogP contribution in [0.3, 0.4) is 0 Å². The predicted octanol–water partition coefficient (Wildman–Crippen LogP) is 3.33. The number of nitrogens with two attached hydrogens (primary N) is 1. The number of nitrogen functional groups attached to an aromatic ring is 1. The van der Waals surface area contributed by atoms with Gasteiger partial charge in [-0.05, 0) is 45.7 Å². The Bertz CT molecular complexity index is 364. The largest absolute Gasteiger partial charge is 0.398 e. The lowest BCUT2D eigenvalue weighted by atomic mass is 9.86. The van der Waals surface area contributed by atoms with Crippen molar-refractivity contribution in [2.24, 2.45) is 0 Å². The Hall–Kier alpha value is -0.580. The second-order valence-electron chi connectivity index (χ2n) is 4.37. The summed E-state index contributed by atoms with van der Waals surface area (Å²) in [5.41, 5.74) is 8.70. The summed E-state index contributed by atoms with van der Waals surface area (Å²) in [4.78, 5) is 0. The Morgan fingerprint density at radius 1 is 1.36 bits per heavy atom. The lowest BCUT2D eigenvalue weighted by Gasteiger charge is -2.20. The Labute approximate surface area is 98.5 Å². The highest BCUT2D eigenvalue weighted by Crippen LogP contribution is 2.26. The summed E-state index contributed by atoms with van der Waals surface area (Å²) >= 11 is 1.97. The second-order valence-corrected chi connectivity index (χ2v) is 5.44. The molecule has 0 heterocycles. The molecular formula is C11H15IN2. The summed E-state index contributed by atoms with van der Waals surface area (Å²) in [6, 6.07) is 5.92. The Morgan fingerprint density at radius 2 is 1.93 bits per heavy atom. The van der Waals surface area contributed by atoms with Crippen LogP contribution >= 0.6 is 22.6 Å². The first-order valence-electron chi connectivity index (χ1n) is 4.47. The van der Waals surface area contributed by atoms with Crippen LogP contribution in [0.25, 0.3) is 0 Å². The molecule has 0 saturated heterocycles. The van der Waals surface area contributed by atoms with Gasteiger partial charge in [0.2, 0.25) is 0 Å². The molecule has 0 aliphatic carbocycles. The van der Waals surface area contributed by atoms with Crippen molar-refractivity contribution in [1.29, 1.82) is 5.41 Å². The molecule has 0 spiro atoms. The fourth-order valence-electron chi connectivity index (χ4n) is 1.23. The number of hydrogen-bond donors (Lipinski definition) is 2. The van der Waals surface area contributed by atoms with Gasteiger partial charge in [0.1, 0.15) is 3.72 Å². The van der Waals surface area contributed by atoms with E-state index in [-0.39, 0.29) is 5.41 Å². The predicted molar refractivity (Wildman–Crippen MR) is 70.4 cm³/mol. The van der Waals surface area contributed by atoms with E-state index in [1.165, 1.54) is 5.56 Å². The van der Waals surface area contributed by atoms with Gasteiger partial charge in [0.15, 0.2) is 0 Å². The summed E-state index contributed by atoms with van der Waals surface area (Å²) in [6.07, 6.45) is 0. The van der Waals surface area contributed by atoms with Crippen LogP contribution in [-0.2, 0) is 5.41 Å². The summed E-state index contributed by atoms with van der Waals surface area (Å²) in [5.74, 6) is 0. The van der Waals surface area contributed by atoms with E-state index in [9.17, 15) is 0 Å². The molecule has 1 aromatic carbocycles. The molecule has 3 heteroatoms. The maximum absolute atomic E-state index is 7.51. The first kappa shape index (κ1) is 11.5. The maximum atomic E-state index is 7.51. The standard InChI is InChI=1S/C11H15IN2/c1-11(2,3)7-4-5-8(10(12)14)9(13)6-7/h4-6,14H,13H2,1-3H3. The van der Waals surface area contributed by atoms with Crippen LogP contribution in [0.2, 0.25) is 0 Å². The van der Waals surface area contributed by atoms with Crippen molar-refractivity contribution in [1.82, 2.24) is 0 Å². The molecule has 3 N–H and O–H groups in total. The Balaban J connectivity index is 3.20. The van der Waals surface area contributed by atoms with Crippen molar-refractivity contribution in [3.63, 3.8) is 0 Å². The number of halogens is 1. The molecule has 0 aromatic heterocycles. The zero-order chi connectivity index (χ0) is 10.9. The highest BCUT2D eigenvalue weighted by atomic mass is 127. The average Bonchev–Trinajstić information content (AvgIpc) is 2.01. The van der Waals surface area contributed by atoms with E-state index in [0.717, 1.165) is 5.56 Å². The Morgan fingerprint density at radius 3 is 2.29 bits per heavy atom. The second kappa shape index (κ2) is 3.88. The molecule has 76 valence electrons. The van der Waals surface area contributed by atoms with E-state index < -0.39 is 0 Å². The van der Waals surface area contributed by atoms with Crippen molar-refractivity contribution in [2.75, 3.05) is 5.73 Å². The molecule has 0 radical (unpaired) electrons. The Kier molecular flexibility index (Phi) is 3.19. The molecule has 0 amide bonds. The topological polar surface area (TPSA) is 49.9 Å². The lowest BCUT2D eigenvalue weighted by molar-refractivity contribution is 0.590. The number of benzene rings is 1. The number of nitrogens with one attached hydrogen (secondary N) is 1. The van der Waals surface area contributed by atoms with Gasteiger partial charge in [-0.2, -0.15) is 0 Å². The summed E-state index contributed by atoms with van der Waals surface area (Å²) in [6.45, 7) is 6.45. The van der Waals surface area contributed by atoms with Crippen LogP contribution in [0, 0.1) is 5.41 Å². The minimum Gasteiger partial charge on any atom is -0.398 e. The van der Waals surface area contributed by atoms with Crippen molar-refractivity contribution in [3.05, 3.63) is 29.3 Å². The van der Waals surface area contributed by atoms with Gasteiger partial charge in [-0.25, -0.2) is 0 Å². The molecule has 0 bridgehead atoms. The summed E-state index contributed by atoms with van der Waals surface area (Å²) in [5, 5.41) is 7.51. The summed E-state index contributed by atoms with van der Waals surface area (Å²) < 4.78 is 0.487. The first-order chi connectivity index (χ1) is 6.32. The van der Waals surface area contributed by atoms with Crippen LogP contribution in [0.5, 0.6) is 0 Å². The third kappa shape index (κ3) is 2.47. The van der Waals surface area contributed by atoms with Crippen LogP contribution < -0.4 is 5.73 Å². The lowest BCUT2D eigenvalue weighted by Crippen LogP contribution is -2.12. The van der Waals surface area contributed by atoms with E-state index in [0.29, 0.717) is 9.41 Å². The van der Waals surface area contributed by atoms with E-state index in [1.54, 1.807) is 0 Å². The van der Waals surface area contributed by atoms with Gasteiger partial charge in [-0.15, -0.1) is 0 Å². The number of anilines is 1. The fourth-order valence-corrected chi connectivity index (χ4v) is 1.72. The highest BCUT2D eigenvalue weighted by Gasteiger charge is 2.15. The van der Waals surface area contributed by atoms with Crippen molar-refractivity contribution >= 4 is 32.0 Å². The molecule has 14 heavy (non-hydrogen) atoms. The molecule has 0 aliphatic heterocycles. The number of rotatable bonds is 1. The third-order valence-corrected chi connectivity index (χ3v) is 2.74. The minimum atomic E-state index is 0.111. The zero-order valence-corrected chi connectivity index (χ0v) is 10.8. The molecule has 0 unspecified atom stereocenters. The third-order valence-electron chi connectivity index (χ3n) is 2.15. The SMILES string of the molecule is CC(C)(C)c1ccc(C(=N)I)c(N)c1. The van der Waals surface area contributed by atoms with Crippen LogP contribution in [0.4, 0.5) is 5.69 Å². The quantitative estimate of drug-likeness (QED) is 0.466. The van der Waals surface area contributed by atoms with Gasteiger partial charge in [0.25, 0.3) is 0 Å². The molecule has 0 atom stereocenters. The number of hydrogen-bond acceptors (Lipinski definition) is 2. The van der Waals surface area contributed by atoms with Crippen LogP contribution in [-0.4, -0.2) is 3.72 Å². The monoisotopic (exact) mass is 302 g/mol. The highest BCUT2D eigenvalue weighted by molar-refractivity contribution is 14.1. The molecule has 2 nitrogen and oxygen atoms in total. The molecule has 0 aliphatic rings. The van der Waals surface area contributed by atoms with Crippen molar-refractivity contribution in [2.45, 2.75) is 26.2 Å². The fraction of sp³-hybridized carbons (Fsp3) is 0.364. The van der Waals surface area contributed by atoms with Gasteiger partial charge in [0.05, 0.1) is 0 Å². The first-order valence-corrected chi connectivity index (χ1v) is 5.54. The van der Waals surface area contributed by atoms with E-state index in [2.05, 4.69) is 20.8 Å². The van der Waals surface area contributed by atoms with Crippen LogP contribution in [0.1, 0.15) is 31.9 Å². The van der Waals surface area contributed by atoms with Gasteiger partial charge in [0, 0.05) is 11.3 Å². The molecule has 1 rings (SSSR count). The van der Waals surface area contributed by atoms with Crippen molar-refractivity contribution < 1.29 is 0 Å². The molecule has 0 saturated carbocycles. The average molecular weight is 302 g/mol. The maximum Gasteiger partial charge on any atom is 0.101 e. The van der Waals surface area contributed by atoms with E-state index in [4.69, 9.17) is 11.1 Å². The van der Waals surface area contributed by atoms with Crippen molar-refractivity contribution in [3.8, 4) is 0 Å². The van der Waals surface area contributed by atoms with Gasteiger partial charge >= 0.3 is 0 Å². The molecular weight excluding hydrogens is 287 g/mol. The van der Waals surface area contributed by atoms with Crippen LogP contribution in [0.15, 0.2) is 18.2 Å². The normalized spacial score (nSPS) is 11.4. The minimum absolute atomic E-state index is 0.111. The van der Waals surface area contributed by atoms with E-state index in [1.807, 2.05) is 40.8 Å².